The minimum absolute atomic E-state index is 0.00708. The van der Waals surface area contributed by atoms with Gasteiger partial charge in [0.25, 0.3) is 5.91 Å². The molecule has 4 rings (SSSR count). The predicted molar refractivity (Wildman–Crippen MR) is 107 cm³/mol. The molecule has 1 aliphatic heterocycles. The number of benzene rings is 3. The Balaban J connectivity index is 1.58. The minimum atomic E-state index is -0.0857. The van der Waals surface area contributed by atoms with E-state index in [1.807, 2.05) is 29.2 Å². The van der Waals surface area contributed by atoms with E-state index >= 15 is 0 Å². The molecule has 0 aromatic heterocycles. The van der Waals surface area contributed by atoms with E-state index in [1.54, 1.807) is 24.3 Å². The van der Waals surface area contributed by atoms with Crippen LogP contribution in [0.4, 0.5) is 0 Å². The number of nitrogens with zero attached hydrogens (tertiary/aromatic N) is 1. The van der Waals surface area contributed by atoms with Gasteiger partial charge in [-0.3, -0.25) is 4.79 Å². The number of fused-ring (bicyclic) bond motifs is 1. The number of halogens is 1. The number of carbonyl (C=O) groups excluding carboxylic acids is 1. The maximum atomic E-state index is 13.0. The van der Waals surface area contributed by atoms with Gasteiger partial charge in [0.15, 0.2) is 6.61 Å². The van der Waals surface area contributed by atoms with Crippen LogP contribution in [0.15, 0.2) is 78.9 Å². The van der Waals surface area contributed by atoms with Crippen LogP contribution in [0.25, 0.3) is 0 Å². The van der Waals surface area contributed by atoms with Gasteiger partial charge in [0.2, 0.25) is 0 Å². The first-order valence-electron chi connectivity index (χ1n) is 9.03. The fourth-order valence-electron chi connectivity index (χ4n) is 3.59. The Kier molecular flexibility index (Phi) is 5.12. The van der Waals surface area contributed by atoms with Crippen molar-refractivity contribution in [3.05, 3.63) is 101 Å². The highest BCUT2D eigenvalue weighted by Gasteiger charge is 2.31. The monoisotopic (exact) mass is 377 g/mol. The molecule has 0 aliphatic carbocycles. The van der Waals surface area contributed by atoms with Gasteiger partial charge in [0.05, 0.1) is 6.04 Å². The van der Waals surface area contributed by atoms with E-state index in [1.165, 1.54) is 11.1 Å². The van der Waals surface area contributed by atoms with Gasteiger partial charge >= 0.3 is 0 Å². The van der Waals surface area contributed by atoms with Crippen molar-refractivity contribution < 1.29 is 9.53 Å². The highest BCUT2D eigenvalue weighted by molar-refractivity contribution is 6.30. The van der Waals surface area contributed by atoms with Gasteiger partial charge in [-0.05, 0) is 47.4 Å². The van der Waals surface area contributed by atoms with E-state index in [2.05, 4.69) is 30.3 Å². The molecule has 1 aliphatic rings. The Morgan fingerprint density at radius 1 is 0.963 bits per heavy atom. The summed E-state index contributed by atoms with van der Waals surface area (Å²) in [7, 11) is 0. The standard InChI is InChI=1S/C23H20ClNO2/c24-19-10-12-20(13-11-19)27-16-22(26)25-15-14-17-6-4-5-9-21(17)23(25)18-7-2-1-3-8-18/h1-13,23H,14-16H2. The number of hydrogen-bond acceptors (Lipinski definition) is 2. The second kappa shape index (κ2) is 7.85. The molecule has 1 amide bonds. The maximum Gasteiger partial charge on any atom is 0.261 e. The smallest absolute Gasteiger partial charge is 0.261 e. The third-order valence-electron chi connectivity index (χ3n) is 4.90. The van der Waals surface area contributed by atoms with Crippen molar-refractivity contribution in [2.75, 3.05) is 13.2 Å². The molecule has 0 spiro atoms. The van der Waals surface area contributed by atoms with Crippen LogP contribution in [0.5, 0.6) is 5.75 Å². The van der Waals surface area contributed by atoms with Crippen LogP contribution >= 0.6 is 11.6 Å². The lowest BCUT2D eigenvalue weighted by molar-refractivity contribution is -0.135. The van der Waals surface area contributed by atoms with Gasteiger partial charge in [0, 0.05) is 11.6 Å². The average molecular weight is 378 g/mol. The van der Waals surface area contributed by atoms with Crippen molar-refractivity contribution in [2.45, 2.75) is 12.5 Å². The summed E-state index contributed by atoms with van der Waals surface area (Å²) in [6.45, 7) is 0.687. The minimum Gasteiger partial charge on any atom is -0.484 e. The number of ether oxygens (including phenoxy) is 1. The van der Waals surface area contributed by atoms with E-state index in [9.17, 15) is 4.79 Å². The number of rotatable bonds is 4. The fraction of sp³-hybridized carbons (Fsp3) is 0.174. The summed E-state index contributed by atoms with van der Waals surface area (Å²) in [6.07, 6.45) is 0.853. The molecule has 0 saturated heterocycles. The summed E-state index contributed by atoms with van der Waals surface area (Å²) < 4.78 is 5.70. The Morgan fingerprint density at radius 2 is 1.67 bits per heavy atom. The van der Waals surface area contributed by atoms with Crippen LogP contribution in [-0.2, 0) is 11.2 Å². The van der Waals surface area contributed by atoms with Crippen LogP contribution < -0.4 is 4.74 Å². The summed E-state index contributed by atoms with van der Waals surface area (Å²) >= 11 is 5.90. The first kappa shape index (κ1) is 17.6. The normalized spacial score (nSPS) is 15.9. The molecule has 136 valence electrons. The van der Waals surface area contributed by atoms with Gasteiger partial charge < -0.3 is 9.64 Å². The molecule has 3 aromatic rings. The molecule has 27 heavy (non-hydrogen) atoms. The van der Waals surface area contributed by atoms with Gasteiger partial charge in [0.1, 0.15) is 5.75 Å². The van der Waals surface area contributed by atoms with Crippen LogP contribution in [0, 0.1) is 0 Å². The molecule has 0 radical (unpaired) electrons. The van der Waals surface area contributed by atoms with Crippen molar-refractivity contribution in [1.29, 1.82) is 0 Å². The highest BCUT2D eigenvalue weighted by Crippen LogP contribution is 2.35. The summed E-state index contributed by atoms with van der Waals surface area (Å²) in [5.41, 5.74) is 3.60. The molecule has 3 aromatic carbocycles. The molecule has 1 atom stereocenters. The molecule has 0 fully saturated rings. The Bertz CT molecular complexity index is 925. The zero-order valence-corrected chi connectivity index (χ0v) is 15.6. The predicted octanol–water partition coefficient (Wildman–Crippen LogP) is 4.89. The van der Waals surface area contributed by atoms with Crippen LogP contribution in [-0.4, -0.2) is 24.0 Å². The lowest BCUT2D eigenvalue weighted by Crippen LogP contribution is -2.42. The zero-order valence-electron chi connectivity index (χ0n) is 14.8. The fourth-order valence-corrected chi connectivity index (χ4v) is 3.71. The second-order valence-electron chi connectivity index (χ2n) is 6.59. The van der Waals surface area contributed by atoms with Crippen molar-refractivity contribution in [3.8, 4) is 5.75 Å². The van der Waals surface area contributed by atoms with E-state index in [4.69, 9.17) is 16.3 Å². The summed E-state index contributed by atoms with van der Waals surface area (Å²) in [4.78, 5) is 14.9. The van der Waals surface area contributed by atoms with Crippen molar-refractivity contribution in [2.24, 2.45) is 0 Å². The third-order valence-corrected chi connectivity index (χ3v) is 5.15. The Hall–Kier alpha value is -2.78. The van der Waals surface area contributed by atoms with E-state index in [0.717, 1.165) is 12.0 Å². The van der Waals surface area contributed by atoms with Crippen molar-refractivity contribution >= 4 is 17.5 Å². The Labute approximate surface area is 164 Å². The molecule has 0 saturated carbocycles. The van der Waals surface area contributed by atoms with Crippen LogP contribution in [0.2, 0.25) is 5.02 Å². The molecule has 0 bridgehead atoms. The largest absolute Gasteiger partial charge is 0.484 e. The Morgan fingerprint density at radius 3 is 2.44 bits per heavy atom. The number of hydrogen-bond donors (Lipinski definition) is 0. The first-order chi connectivity index (χ1) is 13.2. The maximum absolute atomic E-state index is 13.0. The SMILES string of the molecule is O=C(COc1ccc(Cl)cc1)N1CCc2ccccc2C1c1ccccc1. The first-order valence-corrected chi connectivity index (χ1v) is 9.41. The van der Waals surface area contributed by atoms with E-state index < -0.39 is 0 Å². The lowest BCUT2D eigenvalue weighted by atomic mass is 9.88. The molecular weight excluding hydrogens is 358 g/mol. The van der Waals surface area contributed by atoms with Crippen molar-refractivity contribution in [3.63, 3.8) is 0 Å². The third kappa shape index (κ3) is 3.83. The summed E-state index contributed by atoms with van der Waals surface area (Å²) in [6, 6.07) is 25.5. The number of amides is 1. The van der Waals surface area contributed by atoms with Gasteiger partial charge in [-0.15, -0.1) is 0 Å². The van der Waals surface area contributed by atoms with E-state index in [0.29, 0.717) is 17.3 Å². The lowest BCUT2D eigenvalue weighted by Gasteiger charge is -2.37. The van der Waals surface area contributed by atoms with E-state index in [-0.39, 0.29) is 18.6 Å². The second-order valence-corrected chi connectivity index (χ2v) is 7.03. The summed E-state index contributed by atoms with van der Waals surface area (Å²) in [5.74, 6) is 0.620. The molecule has 4 heteroatoms. The van der Waals surface area contributed by atoms with Gasteiger partial charge in [-0.1, -0.05) is 66.2 Å². The van der Waals surface area contributed by atoms with Gasteiger partial charge in [-0.25, -0.2) is 0 Å². The average Bonchev–Trinajstić information content (AvgIpc) is 2.73. The summed E-state index contributed by atoms with van der Waals surface area (Å²) in [5, 5.41) is 0.644. The topological polar surface area (TPSA) is 29.5 Å². The molecule has 1 unspecified atom stereocenters. The van der Waals surface area contributed by atoms with Crippen LogP contribution in [0.1, 0.15) is 22.7 Å². The van der Waals surface area contributed by atoms with Crippen LogP contribution in [0.3, 0.4) is 0 Å². The zero-order chi connectivity index (χ0) is 18.6. The quantitative estimate of drug-likeness (QED) is 0.647. The highest BCUT2D eigenvalue weighted by atomic mass is 35.5. The molecule has 3 nitrogen and oxygen atoms in total. The van der Waals surface area contributed by atoms with Gasteiger partial charge in [-0.2, -0.15) is 0 Å². The number of carbonyl (C=O) groups is 1. The van der Waals surface area contributed by atoms with Crippen molar-refractivity contribution in [1.82, 2.24) is 4.90 Å². The molecule has 0 N–H and O–H groups in total. The molecule has 1 heterocycles. The molecular formula is C23H20ClNO2.